The molecule has 0 aromatic rings. The molecule has 0 radical (unpaired) electrons. The first-order valence-corrected chi connectivity index (χ1v) is 8.04. The van der Waals surface area contributed by atoms with Crippen molar-refractivity contribution in [3.05, 3.63) is 0 Å². The summed E-state index contributed by atoms with van der Waals surface area (Å²) >= 11 is 0. The third-order valence-electron chi connectivity index (χ3n) is 5.37. The highest BCUT2D eigenvalue weighted by Gasteiger charge is 2.51. The average Bonchev–Trinajstić information content (AvgIpc) is 2.93. The standard InChI is InChI=1S/C16H30N2O/c1-5-7-8-12(6-2)15(19)18-11-13-9-17-10-14(13)16(18,3)4/h12-14,17H,5-11H2,1-4H3. The molecule has 2 fully saturated rings. The maximum atomic E-state index is 12.8. The van der Waals surface area contributed by atoms with Gasteiger partial charge in [0.1, 0.15) is 0 Å². The van der Waals surface area contributed by atoms with Crippen molar-refractivity contribution in [2.24, 2.45) is 17.8 Å². The Morgan fingerprint density at radius 1 is 1.37 bits per heavy atom. The number of fused-ring (bicyclic) bond motifs is 1. The van der Waals surface area contributed by atoms with Crippen molar-refractivity contribution in [3.8, 4) is 0 Å². The lowest BCUT2D eigenvalue weighted by molar-refractivity contribution is -0.140. The second-order valence-corrected chi connectivity index (χ2v) is 6.87. The van der Waals surface area contributed by atoms with E-state index in [1.807, 2.05) is 0 Å². The maximum absolute atomic E-state index is 12.8. The van der Waals surface area contributed by atoms with Crippen LogP contribution in [0.25, 0.3) is 0 Å². The summed E-state index contributed by atoms with van der Waals surface area (Å²) in [6.45, 7) is 12.0. The van der Waals surface area contributed by atoms with Crippen molar-refractivity contribution in [1.29, 1.82) is 0 Å². The summed E-state index contributed by atoms with van der Waals surface area (Å²) in [5.41, 5.74) is 0.0326. The van der Waals surface area contributed by atoms with E-state index >= 15 is 0 Å². The van der Waals surface area contributed by atoms with Gasteiger partial charge in [-0.05, 0) is 38.5 Å². The van der Waals surface area contributed by atoms with Gasteiger partial charge in [-0.15, -0.1) is 0 Å². The number of carbonyl (C=O) groups is 1. The fraction of sp³-hybridized carbons (Fsp3) is 0.938. The van der Waals surface area contributed by atoms with Gasteiger partial charge >= 0.3 is 0 Å². The van der Waals surface area contributed by atoms with Crippen LogP contribution in [-0.2, 0) is 4.79 Å². The van der Waals surface area contributed by atoms with Gasteiger partial charge in [-0.3, -0.25) is 4.79 Å². The van der Waals surface area contributed by atoms with E-state index in [1.165, 1.54) is 12.8 Å². The number of amides is 1. The number of likely N-dealkylation sites (tertiary alicyclic amines) is 1. The predicted molar refractivity (Wildman–Crippen MR) is 78.9 cm³/mol. The Morgan fingerprint density at radius 2 is 2.11 bits per heavy atom. The van der Waals surface area contributed by atoms with E-state index in [9.17, 15) is 4.79 Å². The van der Waals surface area contributed by atoms with E-state index < -0.39 is 0 Å². The number of hydrogen-bond donors (Lipinski definition) is 1. The summed E-state index contributed by atoms with van der Waals surface area (Å²) < 4.78 is 0. The zero-order valence-electron chi connectivity index (χ0n) is 13.0. The minimum atomic E-state index is 0.0326. The summed E-state index contributed by atoms with van der Waals surface area (Å²) in [7, 11) is 0. The molecule has 2 heterocycles. The van der Waals surface area contributed by atoms with Gasteiger partial charge in [0.25, 0.3) is 0 Å². The average molecular weight is 266 g/mol. The maximum Gasteiger partial charge on any atom is 0.226 e. The SMILES string of the molecule is CCCCC(CC)C(=O)N1CC2CNCC2C1(C)C. The molecule has 0 saturated carbocycles. The minimum Gasteiger partial charge on any atom is -0.337 e. The Morgan fingerprint density at radius 3 is 2.68 bits per heavy atom. The third kappa shape index (κ3) is 2.67. The van der Waals surface area contributed by atoms with Crippen LogP contribution in [0.5, 0.6) is 0 Å². The Hall–Kier alpha value is -0.570. The molecule has 3 unspecified atom stereocenters. The highest BCUT2D eigenvalue weighted by atomic mass is 16.2. The molecule has 2 rings (SSSR count). The molecule has 1 amide bonds. The van der Waals surface area contributed by atoms with Crippen molar-refractivity contribution < 1.29 is 4.79 Å². The second kappa shape index (κ2) is 5.82. The molecule has 0 bridgehead atoms. The van der Waals surface area contributed by atoms with Gasteiger partial charge in [-0.25, -0.2) is 0 Å². The Bertz CT molecular complexity index is 327. The first-order chi connectivity index (χ1) is 9.02. The van der Waals surface area contributed by atoms with Crippen molar-refractivity contribution in [2.75, 3.05) is 19.6 Å². The zero-order valence-corrected chi connectivity index (χ0v) is 13.0. The van der Waals surface area contributed by atoms with Gasteiger partial charge in [0.2, 0.25) is 5.91 Å². The molecule has 2 saturated heterocycles. The third-order valence-corrected chi connectivity index (χ3v) is 5.37. The van der Waals surface area contributed by atoms with Gasteiger partial charge in [0, 0.05) is 31.1 Å². The molecule has 2 aliphatic heterocycles. The van der Waals surface area contributed by atoms with Crippen LogP contribution in [0.15, 0.2) is 0 Å². The molecular formula is C16H30N2O. The van der Waals surface area contributed by atoms with E-state index in [1.54, 1.807) is 0 Å². The number of nitrogens with zero attached hydrogens (tertiary/aromatic N) is 1. The van der Waals surface area contributed by atoms with Crippen LogP contribution in [0.2, 0.25) is 0 Å². The van der Waals surface area contributed by atoms with E-state index in [0.29, 0.717) is 17.7 Å². The lowest BCUT2D eigenvalue weighted by Gasteiger charge is -2.37. The van der Waals surface area contributed by atoms with E-state index in [4.69, 9.17) is 0 Å². The number of carbonyl (C=O) groups excluding carboxylic acids is 1. The fourth-order valence-electron chi connectivity index (χ4n) is 3.97. The van der Waals surface area contributed by atoms with Crippen LogP contribution in [0.4, 0.5) is 0 Å². The summed E-state index contributed by atoms with van der Waals surface area (Å²) in [6, 6.07) is 0. The van der Waals surface area contributed by atoms with Crippen LogP contribution in [0.1, 0.15) is 53.4 Å². The van der Waals surface area contributed by atoms with Crippen LogP contribution < -0.4 is 5.32 Å². The molecule has 2 aliphatic rings. The van der Waals surface area contributed by atoms with Crippen LogP contribution in [0.3, 0.4) is 0 Å². The smallest absolute Gasteiger partial charge is 0.226 e. The molecule has 3 heteroatoms. The van der Waals surface area contributed by atoms with Gasteiger partial charge in [0.15, 0.2) is 0 Å². The van der Waals surface area contributed by atoms with Crippen LogP contribution in [-0.4, -0.2) is 36.0 Å². The molecule has 3 atom stereocenters. The molecule has 0 spiro atoms. The molecule has 3 nitrogen and oxygen atoms in total. The predicted octanol–water partition coefficient (Wildman–Crippen LogP) is 2.66. The van der Waals surface area contributed by atoms with Gasteiger partial charge in [-0.1, -0.05) is 26.7 Å². The summed E-state index contributed by atoms with van der Waals surface area (Å²) in [4.78, 5) is 15.0. The topological polar surface area (TPSA) is 32.3 Å². The quantitative estimate of drug-likeness (QED) is 0.829. The lowest BCUT2D eigenvalue weighted by atomic mass is 9.84. The monoisotopic (exact) mass is 266 g/mol. The fourth-order valence-corrected chi connectivity index (χ4v) is 3.97. The summed E-state index contributed by atoms with van der Waals surface area (Å²) in [5, 5.41) is 3.48. The molecule has 1 N–H and O–H groups in total. The molecule has 0 aromatic heterocycles. The number of hydrogen-bond acceptors (Lipinski definition) is 2. The molecule has 0 aliphatic carbocycles. The Labute approximate surface area is 118 Å². The Kier molecular flexibility index (Phi) is 4.54. The van der Waals surface area contributed by atoms with Crippen molar-refractivity contribution >= 4 is 5.91 Å². The normalized spacial score (nSPS) is 30.4. The second-order valence-electron chi connectivity index (χ2n) is 6.87. The highest BCUT2D eigenvalue weighted by Crippen LogP contribution is 2.41. The summed E-state index contributed by atoms with van der Waals surface area (Å²) in [6.07, 6.45) is 4.40. The highest BCUT2D eigenvalue weighted by molar-refractivity contribution is 5.80. The number of rotatable bonds is 5. The first kappa shape index (κ1) is 14.8. The van der Waals surface area contributed by atoms with Gasteiger partial charge in [0.05, 0.1) is 0 Å². The summed E-state index contributed by atoms with van der Waals surface area (Å²) in [5.74, 6) is 1.96. The van der Waals surface area contributed by atoms with E-state index in [2.05, 4.69) is 37.9 Å². The largest absolute Gasteiger partial charge is 0.337 e. The lowest BCUT2D eigenvalue weighted by Crippen LogP contribution is -2.49. The van der Waals surface area contributed by atoms with Crippen LogP contribution >= 0.6 is 0 Å². The molecule has 110 valence electrons. The van der Waals surface area contributed by atoms with Gasteiger partial charge < -0.3 is 10.2 Å². The molecular weight excluding hydrogens is 236 g/mol. The number of nitrogens with one attached hydrogen (secondary N) is 1. The van der Waals surface area contributed by atoms with E-state index in [-0.39, 0.29) is 11.5 Å². The Balaban J connectivity index is 2.06. The zero-order chi connectivity index (χ0) is 14.0. The first-order valence-electron chi connectivity index (χ1n) is 8.04. The van der Waals surface area contributed by atoms with Crippen molar-refractivity contribution in [2.45, 2.75) is 58.9 Å². The number of unbranched alkanes of at least 4 members (excludes halogenated alkanes) is 1. The minimum absolute atomic E-state index is 0.0326. The van der Waals surface area contributed by atoms with Crippen molar-refractivity contribution in [3.63, 3.8) is 0 Å². The van der Waals surface area contributed by atoms with E-state index in [0.717, 1.165) is 32.5 Å². The van der Waals surface area contributed by atoms with Gasteiger partial charge in [-0.2, -0.15) is 0 Å². The van der Waals surface area contributed by atoms with Crippen LogP contribution in [0, 0.1) is 17.8 Å². The van der Waals surface area contributed by atoms with Crippen molar-refractivity contribution in [1.82, 2.24) is 10.2 Å². The molecule has 19 heavy (non-hydrogen) atoms. The molecule has 0 aromatic carbocycles.